The van der Waals surface area contributed by atoms with Gasteiger partial charge in [0, 0.05) is 54.5 Å². The van der Waals surface area contributed by atoms with Crippen molar-refractivity contribution in [3.05, 3.63) is 84.2 Å². The number of amidine groups is 1. The molecule has 0 saturated carbocycles. The first-order valence-electron chi connectivity index (χ1n) is 13.9. The maximum absolute atomic E-state index is 14.2. The van der Waals surface area contributed by atoms with Crippen LogP contribution in [0.1, 0.15) is 70.1 Å². The highest BCUT2D eigenvalue weighted by Crippen LogP contribution is 2.31. The van der Waals surface area contributed by atoms with Crippen LogP contribution in [0.3, 0.4) is 0 Å². The Labute approximate surface area is 232 Å². The molecule has 0 bridgehead atoms. The van der Waals surface area contributed by atoms with Crippen molar-refractivity contribution in [2.75, 3.05) is 18.0 Å². The van der Waals surface area contributed by atoms with Gasteiger partial charge in [0.25, 0.3) is 5.92 Å². The van der Waals surface area contributed by atoms with Crippen molar-refractivity contribution in [2.45, 2.75) is 72.3 Å². The minimum absolute atomic E-state index is 0.0111. The number of nitrogens with zero attached hydrogens (tertiary/aromatic N) is 3. The highest BCUT2D eigenvalue weighted by molar-refractivity contribution is 6.01. The molecule has 39 heavy (non-hydrogen) atoms. The third-order valence-corrected chi connectivity index (χ3v) is 7.14. The van der Waals surface area contributed by atoms with Crippen LogP contribution in [-0.2, 0) is 5.92 Å². The average molecular weight is 537 g/mol. The zero-order valence-corrected chi connectivity index (χ0v) is 23.9. The molecule has 1 aromatic heterocycles. The highest BCUT2D eigenvalue weighted by atomic mass is 19.3. The summed E-state index contributed by atoms with van der Waals surface area (Å²) in [6, 6.07) is 15.3. The molecular formula is C32H42F2N4O. The fraction of sp³-hybridized carbons (Fsp3) is 0.438. The first-order valence-corrected chi connectivity index (χ1v) is 13.9. The molecule has 0 spiro atoms. The first kappa shape index (κ1) is 30.1. The molecule has 0 aliphatic rings. The van der Waals surface area contributed by atoms with E-state index >= 15 is 0 Å². The Bertz CT molecular complexity index is 1220. The van der Waals surface area contributed by atoms with Crippen LogP contribution in [0.25, 0.3) is 11.3 Å². The van der Waals surface area contributed by atoms with Gasteiger partial charge >= 0.3 is 0 Å². The number of benzene rings is 2. The molecule has 2 atom stereocenters. The van der Waals surface area contributed by atoms with Crippen molar-refractivity contribution < 1.29 is 13.3 Å². The zero-order chi connectivity index (χ0) is 28.4. The van der Waals surface area contributed by atoms with Crippen LogP contribution in [0.2, 0.25) is 0 Å². The summed E-state index contributed by atoms with van der Waals surface area (Å²) >= 11 is 0. The molecule has 3 aromatic rings. The van der Waals surface area contributed by atoms with E-state index in [0.717, 1.165) is 57.0 Å². The summed E-state index contributed by atoms with van der Waals surface area (Å²) in [5, 5.41) is 6.93. The van der Waals surface area contributed by atoms with Crippen LogP contribution in [0.5, 0.6) is 0 Å². The van der Waals surface area contributed by atoms with Crippen molar-refractivity contribution in [3.8, 4) is 11.3 Å². The lowest BCUT2D eigenvalue weighted by Crippen LogP contribution is -2.28. The van der Waals surface area contributed by atoms with E-state index < -0.39 is 5.92 Å². The number of nitrogens with one attached hydrogen (secondary N) is 1. The number of hydrogen-bond acceptors (Lipinski definition) is 4. The third-order valence-electron chi connectivity index (χ3n) is 7.14. The monoisotopic (exact) mass is 536 g/mol. The smallest absolute Gasteiger partial charge is 0.270 e. The van der Waals surface area contributed by atoms with Crippen molar-refractivity contribution in [1.29, 1.82) is 0 Å². The fourth-order valence-electron chi connectivity index (χ4n) is 5.09. The van der Waals surface area contributed by atoms with Gasteiger partial charge in [-0.05, 0) is 62.9 Å². The number of hydrogen-bond donors (Lipinski definition) is 1. The van der Waals surface area contributed by atoms with Gasteiger partial charge in [0.2, 0.25) is 0 Å². The molecule has 1 heterocycles. The Balaban J connectivity index is 1.73. The van der Waals surface area contributed by atoms with E-state index in [1.54, 1.807) is 25.4 Å². The molecule has 0 saturated heterocycles. The fourth-order valence-corrected chi connectivity index (χ4v) is 5.09. The SMILES string of the molecule is C=CNC(=N[C@@H](C)CC(CC)CCN(CCC)c1cccc(-c2ccno2)c1)c1cccc(C(C)(F)F)c1C. The average Bonchev–Trinajstić information content (AvgIpc) is 3.45. The van der Waals surface area contributed by atoms with E-state index in [9.17, 15) is 8.78 Å². The van der Waals surface area contributed by atoms with E-state index in [0.29, 0.717) is 22.9 Å². The molecule has 5 nitrogen and oxygen atoms in total. The van der Waals surface area contributed by atoms with Gasteiger partial charge in [-0.15, -0.1) is 0 Å². The van der Waals surface area contributed by atoms with Gasteiger partial charge in [-0.2, -0.15) is 0 Å². The lowest BCUT2D eigenvalue weighted by Gasteiger charge is -2.27. The molecule has 3 rings (SSSR count). The van der Waals surface area contributed by atoms with Gasteiger partial charge in [-0.25, -0.2) is 8.78 Å². The minimum atomic E-state index is -2.92. The van der Waals surface area contributed by atoms with Crippen LogP contribution < -0.4 is 10.2 Å². The highest BCUT2D eigenvalue weighted by Gasteiger charge is 2.28. The number of alkyl halides is 2. The summed E-state index contributed by atoms with van der Waals surface area (Å²) in [6.07, 6.45) is 7.24. The Morgan fingerprint density at radius 2 is 1.95 bits per heavy atom. The van der Waals surface area contributed by atoms with Crippen LogP contribution in [-0.4, -0.2) is 30.1 Å². The number of halogens is 2. The van der Waals surface area contributed by atoms with Crippen molar-refractivity contribution in [3.63, 3.8) is 0 Å². The van der Waals surface area contributed by atoms with Gasteiger partial charge in [0.1, 0.15) is 5.84 Å². The molecule has 0 fully saturated rings. The number of anilines is 1. The van der Waals surface area contributed by atoms with E-state index in [4.69, 9.17) is 9.52 Å². The molecule has 1 unspecified atom stereocenters. The normalized spacial score (nSPS) is 13.7. The van der Waals surface area contributed by atoms with Crippen molar-refractivity contribution >= 4 is 11.5 Å². The van der Waals surface area contributed by atoms with Crippen molar-refractivity contribution in [2.24, 2.45) is 10.9 Å². The van der Waals surface area contributed by atoms with Gasteiger partial charge in [0.15, 0.2) is 5.76 Å². The van der Waals surface area contributed by atoms with E-state index in [2.05, 4.69) is 60.9 Å². The van der Waals surface area contributed by atoms with Crippen LogP contribution >= 0.6 is 0 Å². The summed E-state index contributed by atoms with van der Waals surface area (Å²) < 4.78 is 33.7. The molecule has 0 aliphatic carbocycles. The predicted octanol–water partition coefficient (Wildman–Crippen LogP) is 8.35. The van der Waals surface area contributed by atoms with Crippen molar-refractivity contribution in [1.82, 2.24) is 10.5 Å². The standard InChI is InChI=1S/C32H42F2N4O/c1-7-19-38(27-13-10-12-26(22-27)30-16-18-36-39-30)20-17-25(8-2)21-23(4)37-31(35-9-3)28-14-11-15-29(24(28)5)32(6,33)34/h9-16,18,22-23,25H,3,7-8,17,19-21H2,1-2,4-6H3,(H,35,37)/t23-,25?/m0/s1. The Morgan fingerprint density at radius 3 is 2.59 bits per heavy atom. The van der Waals surface area contributed by atoms with Gasteiger partial charge < -0.3 is 14.7 Å². The molecule has 7 heteroatoms. The largest absolute Gasteiger partial charge is 0.372 e. The molecule has 210 valence electrons. The van der Waals surface area contributed by atoms with E-state index in [1.165, 1.54) is 11.8 Å². The lowest BCUT2D eigenvalue weighted by atomic mass is 9.94. The minimum Gasteiger partial charge on any atom is -0.372 e. The first-order chi connectivity index (χ1) is 18.7. The second-order valence-electron chi connectivity index (χ2n) is 10.3. The second kappa shape index (κ2) is 14.1. The number of aliphatic imine (C=N–C) groups is 1. The molecular weight excluding hydrogens is 494 g/mol. The summed E-state index contributed by atoms with van der Waals surface area (Å²) in [4.78, 5) is 7.36. The quantitative estimate of drug-likeness (QED) is 0.166. The maximum atomic E-state index is 14.2. The summed E-state index contributed by atoms with van der Waals surface area (Å²) in [6.45, 7) is 14.8. The van der Waals surface area contributed by atoms with Crippen LogP contribution in [0.4, 0.5) is 14.5 Å². The number of rotatable bonds is 14. The number of aromatic nitrogens is 1. The Kier molecular flexibility index (Phi) is 10.8. The molecule has 0 amide bonds. The molecule has 0 aliphatic heterocycles. The van der Waals surface area contributed by atoms with Gasteiger partial charge in [-0.3, -0.25) is 4.99 Å². The third kappa shape index (κ3) is 8.25. The van der Waals surface area contributed by atoms with Crippen LogP contribution in [0.15, 0.2) is 77.0 Å². The Morgan fingerprint density at radius 1 is 1.18 bits per heavy atom. The summed E-state index contributed by atoms with van der Waals surface area (Å²) in [7, 11) is 0. The molecule has 1 N–H and O–H groups in total. The van der Waals surface area contributed by atoms with Crippen LogP contribution in [0, 0.1) is 12.8 Å². The van der Waals surface area contributed by atoms with Gasteiger partial charge in [-0.1, -0.05) is 62.3 Å². The maximum Gasteiger partial charge on any atom is 0.270 e. The lowest BCUT2D eigenvalue weighted by molar-refractivity contribution is 0.0168. The zero-order valence-electron chi connectivity index (χ0n) is 23.9. The topological polar surface area (TPSA) is 53.7 Å². The molecule has 0 radical (unpaired) electrons. The Hall–Kier alpha value is -3.48. The summed E-state index contributed by atoms with van der Waals surface area (Å²) in [5.74, 6) is -1.11. The molecule has 2 aromatic carbocycles. The van der Waals surface area contributed by atoms with E-state index in [1.807, 2.05) is 18.2 Å². The second-order valence-corrected chi connectivity index (χ2v) is 10.3. The van der Waals surface area contributed by atoms with Gasteiger partial charge in [0.05, 0.1) is 6.20 Å². The summed E-state index contributed by atoms with van der Waals surface area (Å²) in [5.41, 5.74) is 3.41. The predicted molar refractivity (Wildman–Crippen MR) is 158 cm³/mol. The van der Waals surface area contributed by atoms with E-state index in [-0.39, 0.29) is 11.6 Å².